The van der Waals surface area contributed by atoms with Crippen LogP contribution in [0.5, 0.6) is 5.75 Å². The molecule has 1 atom stereocenters. The van der Waals surface area contributed by atoms with Crippen LogP contribution >= 0.6 is 0 Å². The molecule has 0 aliphatic carbocycles. The van der Waals surface area contributed by atoms with Gasteiger partial charge >= 0.3 is 6.03 Å². The van der Waals surface area contributed by atoms with Gasteiger partial charge in [0.05, 0.1) is 30.5 Å². The fourth-order valence-electron chi connectivity index (χ4n) is 2.37. The Morgan fingerprint density at radius 1 is 1.28 bits per heavy atom. The van der Waals surface area contributed by atoms with E-state index < -0.39 is 11.6 Å². The molecular weight excluding hydrogens is 374 g/mol. The number of benzene rings is 1. The lowest BCUT2D eigenvalue weighted by atomic mass is 10.0. The maximum absolute atomic E-state index is 12.8. The zero-order valence-corrected chi connectivity index (χ0v) is 17.2. The van der Waals surface area contributed by atoms with Crippen molar-refractivity contribution in [3.05, 3.63) is 36.5 Å². The third-order valence-electron chi connectivity index (χ3n) is 4.27. The molecular formula is C20H29N5O4. The predicted molar refractivity (Wildman–Crippen MR) is 112 cm³/mol. The maximum atomic E-state index is 12.8. The second kappa shape index (κ2) is 10.0. The van der Waals surface area contributed by atoms with E-state index in [-0.39, 0.29) is 25.1 Å². The molecule has 0 saturated carbocycles. The van der Waals surface area contributed by atoms with Crippen LogP contribution in [-0.2, 0) is 0 Å². The molecule has 29 heavy (non-hydrogen) atoms. The molecule has 2 rings (SSSR count). The minimum absolute atomic E-state index is 0.109. The van der Waals surface area contributed by atoms with Crippen LogP contribution in [0.25, 0.3) is 0 Å². The van der Waals surface area contributed by atoms with E-state index in [2.05, 4.69) is 20.6 Å². The number of carbonyl (C=O) groups excluding carboxylic acids is 1. The Bertz CT molecular complexity index is 792. The summed E-state index contributed by atoms with van der Waals surface area (Å²) >= 11 is 0. The van der Waals surface area contributed by atoms with E-state index in [0.717, 1.165) is 0 Å². The quantitative estimate of drug-likeness (QED) is 0.507. The Morgan fingerprint density at radius 3 is 2.55 bits per heavy atom. The molecule has 0 radical (unpaired) electrons. The molecule has 0 fully saturated rings. The molecule has 4 N–H and O–H groups in total. The summed E-state index contributed by atoms with van der Waals surface area (Å²) in [5.41, 5.74) is -0.406. The van der Waals surface area contributed by atoms with Crippen molar-refractivity contribution >= 4 is 23.5 Å². The van der Waals surface area contributed by atoms with E-state index in [1.165, 1.54) is 11.1 Å². The highest BCUT2D eigenvalue weighted by Gasteiger charge is 2.24. The van der Waals surface area contributed by atoms with E-state index in [9.17, 15) is 9.90 Å². The standard InChI is InChI=1S/C20H29N5O4/c1-5-29-16-8-6-15(7-9-16)25(19(27)22-12-13-26)17-10-11-21-18(24-17)23-14(2)20(3,4)28/h6-11,14,26,28H,5,12-13H2,1-4H3,(H,22,27)(H,21,23,24). The van der Waals surface area contributed by atoms with Crippen molar-refractivity contribution in [1.82, 2.24) is 15.3 Å². The zero-order valence-electron chi connectivity index (χ0n) is 17.2. The number of ether oxygens (including phenoxy) is 1. The lowest BCUT2D eigenvalue weighted by Gasteiger charge is -2.27. The second-order valence-electron chi connectivity index (χ2n) is 6.98. The molecule has 1 heterocycles. The highest BCUT2D eigenvalue weighted by atomic mass is 16.5. The number of urea groups is 1. The lowest BCUT2D eigenvalue weighted by Crippen LogP contribution is -2.40. The number of aromatic nitrogens is 2. The zero-order chi connectivity index (χ0) is 21.4. The van der Waals surface area contributed by atoms with Crippen LogP contribution in [0.4, 0.5) is 22.2 Å². The SMILES string of the molecule is CCOc1ccc(N(C(=O)NCCO)c2ccnc(NC(C)C(C)(C)O)n2)cc1. The molecule has 0 bridgehead atoms. The van der Waals surface area contributed by atoms with Crippen molar-refractivity contribution < 1.29 is 19.7 Å². The molecule has 158 valence electrons. The highest BCUT2D eigenvalue weighted by Crippen LogP contribution is 2.27. The van der Waals surface area contributed by atoms with Crippen LogP contribution < -0.4 is 20.3 Å². The average molecular weight is 403 g/mol. The van der Waals surface area contributed by atoms with Gasteiger partial charge in [-0.25, -0.2) is 14.7 Å². The smallest absolute Gasteiger partial charge is 0.327 e. The number of rotatable bonds is 9. The second-order valence-corrected chi connectivity index (χ2v) is 6.98. The van der Waals surface area contributed by atoms with Gasteiger partial charge in [-0.2, -0.15) is 4.98 Å². The lowest BCUT2D eigenvalue weighted by molar-refractivity contribution is 0.0646. The van der Waals surface area contributed by atoms with Gasteiger partial charge in [-0.15, -0.1) is 0 Å². The number of nitrogens with zero attached hydrogens (tertiary/aromatic N) is 3. The van der Waals surface area contributed by atoms with Gasteiger partial charge in [0.1, 0.15) is 11.6 Å². The fraction of sp³-hybridized carbons (Fsp3) is 0.450. The van der Waals surface area contributed by atoms with Crippen LogP contribution in [0.3, 0.4) is 0 Å². The number of hydrogen-bond donors (Lipinski definition) is 4. The summed E-state index contributed by atoms with van der Waals surface area (Å²) in [6.07, 6.45) is 1.53. The van der Waals surface area contributed by atoms with Crippen molar-refractivity contribution in [3.8, 4) is 5.75 Å². The van der Waals surface area contributed by atoms with Crippen LogP contribution in [0, 0.1) is 0 Å². The number of aliphatic hydroxyl groups is 2. The molecule has 0 spiro atoms. The summed E-state index contributed by atoms with van der Waals surface area (Å²) in [6.45, 7) is 7.55. The van der Waals surface area contributed by atoms with E-state index in [0.29, 0.717) is 23.9 Å². The number of aliphatic hydroxyl groups excluding tert-OH is 1. The van der Waals surface area contributed by atoms with Crippen LogP contribution in [-0.4, -0.2) is 57.6 Å². The number of hydrogen-bond acceptors (Lipinski definition) is 7. The first-order valence-electron chi connectivity index (χ1n) is 9.50. The fourth-order valence-corrected chi connectivity index (χ4v) is 2.37. The molecule has 1 unspecified atom stereocenters. The summed E-state index contributed by atoms with van der Waals surface area (Å²) < 4.78 is 5.45. The molecule has 0 saturated heterocycles. The Balaban J connectivity index is 2.35. The van der Waals surface area contributed by atoms with Gasteiger partial charge in [-0.05, 0) is 52.0 Å². The molecule has 2 aromatic rings. The normalized spacial score (nSPS) is 12.2. The van der Waals surface area contributed by atoms with Crippen molar-refractivity contribution in [2.45, 2.75) is 39.3 Å². The average Bonchev–Trinajstić information content (AvgIpc) is 2.68. The molecule has 1 aromatic heterocycles. The predicted octanol–water partition coefficient (Wildman–Crippen LogP) is 2.29. The van der Waals surface area contributed by atoms with Gasteiger partial charge in [0.25, 0.3) is 0 Å². The molecule has 0 aliphatic rings. The number of amides is 2. The first kappa shape index (κ1) is 22.4. The van der Waals surface area contributed by atoms with E-state index in [1.807, 2.05) is 13.8 Å². The Kier molecular flexibility index (Phi) is 7.74. The topological polar surface area (TPSA) is 120 Å². The van der Waals surface area contributed by atoms with Gasteiger partial charge < -0.3 is 25.6 Å². The van der Waals surface area contributed by atoms with Crippen LogP contribution in [0.15, 0.2) is 36.5 Å². The van der Waals surface area contributed by atoms with Gasteiger partial charge in [0, 0.05) is 18.8 Å². The number of nitrogens with one attached hydrogen (secondary N) is 2. The summed E-state index contributed by atoms with van der Waals surface area (Å²) in [7, 11) is 0. The van der Waals surface area contributed by atoms with Gasteiger partial charge in [-0.3, -0.25) is 0 Å². The molecule has 9 heteroatoms. The summed E-state index contributed by atoms with van der Waals surface area (Å²) in [5, 5.41) is 24.9. The van der Waals surface area contributed by atoms with Crippen molar-refractivity contribution in [1.29, 1.82) is 0 Å². The van der Waals surface area contributed by atoms with Crippen molar-refractivity contribution in [3.63, 3.8) is 0 Å². The van der Waals surface area contributed by atoms with Crippen molar-refractivity contribution in [2.24, 2.45) is 0 Å². The Labute approximate surface area is 170 Å². The third kappa shape index (κ3) is 6.30. The highest BCUT2D eigenvalue weighted by molar-refractivity contribution is 5.98. The third-order valence-corrected chi connectivity index (χ3v) is 4.27. The molecule has 0 aliphatic heterocycles. The summed E-state index contributed by atoms with van der Waals surface area (Å²) in [4.78, 5) is 22.7. The Morgan fingerprint density at radius 2 is 1.97 bits per heavy atom. The first-order valence-corrected chi connectivity index (χ1v) is 9.50. The van der Waals surface area contributed by atoms with Crippen LogP contribution in [0.2, 0.25) is 0 Å². The summed E-state index contributed by atoms with van der Waals surface area (Å²) in [6, 6.07) is 7.87. The summed E-state index contributed by atoms with van der Waals surface area (Å²) in [5.74, 6) is 1.31. The van der Waals surface area contributed by atoms with E-state index in [1.54, 1.807) is 44.2 Å². The van der Waals surface area contributed by atoms with Crippen LogP contribution in [0.1, 0.15) is 27.7 Å². The van der Waals surface area contributed by atoms with Gasteiger partial charge in [0.15, 0.2) is 0 Å². The Hall–Kier alpha value is -2.91. The maximum Gasteiger partial charge on any atom is 0.327 e. The van der Waals surface area contributed by atoms with Crippen molar-refractivity contribution in [2.75, 3.05) is 30.0 Å². The monoisotopic (exact) mass is 403 g/mol. The molecule has 9 nitrogen and oxygen atoms in total. The minimum atomic E-state index is -0.980. The van der Waals surface area contributed by atoms with E-state index in [4.69, 9.17) is 9.84 Å². The number of anilines is 3. The van der Waals surface area contributed by atoms with Gasteiger partial charge in [0.2, 0.25) is 5.95 Å². The number of carbonyl (C=O) groups is 1. The first-order chi connectivity index (χ1) is 13.8. The minimum Gasteiger partial charge on any atom is -0.494 e. The van der Waals surface area contributed by atoms with E-state index >= 15 is 0 Å². The molecule has 1 aromatic carbocycles. The largest absolute Gasteiger partial charge is 0.494 e. The van der Waals surface area contributed by atoms with Gasteiger partial charge in [-0.1, -0.05) is 0 Å². The molecule has 2 amide bonds.